The van der Waals surface area contributed by atoms with Crippen molar-refractivity contribution in [2.24, 2.45) is 17.1 Å². The summed E-state index contributed by atoms with van der Waals surface area (Å²) in [6.45, 7) is 1.51. The minimum atomic E-state index is -0.231. The zero-order valence-electron chi connectivity index (χ0n) is 10.2. The first kappa shape index (κ1) is 11.2. The Morgan fingerprint density at radius 2 is 1.71 bits per heavy atom. The topological polar surface area (TPSA) is 63.4 Å². The summed E-state index contributed by atoms with van der Waals surface area (Å²) in [6, 6.07) is 0.366. The van der Waals surface area contributed by atoms with Crippen LogP contribution >= 0.6 is 0 Å². The number of nitrogens with two attached hydrogens (primary N) is 1. The monoisotopic (exact) mass is 236 g/mol. The van der Waals surface area contributed by atoms with Gasteiger partial charge in [0, 0.05) is 25.0 Å². The Labute approximate surface area is 102 Å². The molecule has 1 heterocycles. The Morgan fingerprint density at radius 1 is 1.12 bits per heavy atom. The fourth-order valence-electron chi connectivity index (χ4n) is 3.32. The summed E-state index contributed by atoms with van der Waals surface area (Å²) in [5.41, 5.74) is 6.24. The molecule has 4 nitrogen and oxygen atoms in total. The molecule has 3 rings (SSSR count). The maximum Gasteiger partial charge on any atom is 0.290 e. The third kappa shape index (κ3) is 1.99. The third-order valence-electron chi connectivity index (χ3n) is 4.66. The summed E-state index contributed by atoms with van der Waals surface area (Å²) in [5, 5.41) is 0. The molecule has 94 valence electrons. The van der Waals surface area contributed by atoms with E-state index in [2.05, 4.69) is 0 Å². The Balaban J connectivity index is 1.54. The number of nitrogens with zero attached hydrogens (tertiary/aromatic N) is 1. The van der Waals surface area contributed by atoms with Crippen molar-refractivity contribution < 1.29 is 9.59 Å². The number of amides is 1. The van der Waals surface area contributed by atoms with Crippen molar-refractivity contribution >= 4 is 11.7 Å². The quantitative estimate of drug-likeness (QED) is 0.718. The van der Waals surface area contributed by atoms with Crippen LogP contribution in [0.4, 0.5) is 0 Å². The SMILES string of the molecule is NC1CC2(CCN(C(=O)C(=O)C3CC3)CC2)C1. The molecular weight excluding hydrogens is 216 g/mol. The second-order valence-corrected chi connectivity index (χ2v) is 6.10. The highest BCUT2D eigenvalue weighted by atomic mass is 16.2. The number of hydrogen-bond acceptors (Lipinski definition) is 3. The third-order valence-corrected chi connectivity index (χ3v) is 4.66. The zero-order valence-corrected chi connectivity index (χ0v) is 10.2. The van der Waals surface area contributed by atoms with E-state index >= 15 is 0 Å². The van der Waals surface area contributed by atoms with Crippen LogP contribution in [0.2, 0.25) is 0 Å². The maximum absolute atomic E-state index is 11.9. The molecule has 17 heavy (non-hydrogen) atoms. The smallest absolute Gasteiger partial charge is 0.290 e. The largest absolute Gasteiger partial charge is 0.336 e. The van der Waals surface area contributed by atoms with Gasteiger partial charge in [0.05, 0.1) is 0 Å². The molecule has 0 unspecified atom stereocenters. The molecule has 1 spiro atoms. The lowest BCUT2D eigenvalue weighted by molar-refractivity contribution is -0.147. The maximum atomic E-state index is 11.9. The molecule has 2 aliphatic carbocycles. The highest BCUT2D eigenvalue weighted by Gasteiger charge is 2.46. The summed E-state index contributed by atoms with van der Waals surface area (Å²) < 4.78 is 0. The van der Waals surface area contributed by atoms with E-state index in [0.717, 1.165) is 51.6 Å². The van der Waals surface area contributed by atoms with Gasteiger partial charge < -0.3 is 10.6 Å². The summed E-state index contributed by atoms with van der Waals surface area (Å²) in [7, 11) is 0. The molecular formula is C13H20N2O2. The van der Waals surface area contributed by atoms with Crippen molar-refractivity contribution in [2.45, 2.75) is 44.6 Å². The molecule has 2 saturated carbocycles. The average molecular weight is 236 g/mol. The Kier molecular flexibility index (Phi) is 2.51. The molecule has 2 N–H and O–H groups in total. The highest BCUT2D eigenvalue weighted by Crippen LogP contribution is 2.48. The number of ketones is 1. The van der Waals surface area contributed by atoms with Crippen LogP contribution in [0.3, 0.4) is 0 Å². The lowest BCUT2D eigenvalue weighted by Gasteiger charge is -2.51. The molecule has 3 fully saturated rings. The number of carbonyl (C=O) groups is 2. The van der Waals surface area contributed by atoms with Gasteiger partial charge in [-0.3, -0.25) is 9.59 Å². The van der Waals surface area contributed by atoms with Crippen LogP contribution in [0.15, 0.2) is 0 Å². The molecule has 0 radical (unpaired) electrons. The number of Topliss-reactive ketones (excluding diaryl/α,β-unsaturated/α-hetero) is 1. The highest BCUT2D eigenvalue weighted by molar-refractivity contribution is 6.37. The number of piperidine rings is 1. The van der Waals surface area contributed by atoms with Gasteiger partial charge in [0.2, 0.25) is 5.78 Å². The van der Waals surface area contributed by atoms with Gasteiger partial charge in [-0.15, -0.1) is 0 Å². The first-order chi connectivity index (χ1) is 8.10. The standard InChI is InChI=1S/C13H20N2O2/c14-10-7-13(8-10)3-5-15(6-4-13)12(17)11(16)9-1-2-9/h9-10H,1-8,14H2. The molecule has 1 amide bonds. The molecule has 0 atom stereocenters. The predicted octanol–water partition coefficient (Wildman–Crippen LogP) is 0.695. The second kappa shape index (κ2) is 3.80. The van der Waals surface area contributed by atoms with Gasteiger partial charge in [0.1, 0.15) is 0 Å². The molecule has 0 aromatic heterocycles. The molecule has 0 aromatic carbocycles. The van der Waals surface area contributed by atoms with Gasteiger partial charge in [-0.05, 0) is 43.9 Å². The van der Waals surface area contributed by atoms with Crippen molar-refractivity contribution in [1.82, 2.24) is 4.90 Å². The van der Waals surface area contributed by atoms with Crippen molar-refractivity contribution in [1.29, 1.82) is 0 Å². The van der Waals surface area contributed by atoms with Crippen LogP contribution in [-0.4, -0.2) is 35.7 Å². The summed E-state index contributed by atoms with van der Waals surface area (Å²) >= 11 is 0. The fraction of sp³-hybridized carbons (Fsp3) is 0.846. The Hall–Kier alpha value is -0.900. The number of carbonyl (C=O) groups excluding carboxylic acids is 2. The van der Waals surface area contributed by atoms with Crippen LogP contribution in [0.5, 0.6) is 0 Å². The van der Waals surface area contributed by atoms with E-state index in [1.807, 2.05) is 0 Å². The van der Waals surface area contributed by atoms with E-state index in [4.69, 9.17) is 5.73 Å². The van der Waals surface area contributed by atoms with E-state index in [0.29, 0.717) is 11.5 Å². The van der Waals surface area contributed by atoms with Crippen molar-refractivity contribution in [2.75, 3.05) is 13.1 Å². The molecule has 3 aliphatic rings. The van der Waals surface area contributed by atoms with Crippen LogP contribution in [0.25, 0.3) is 0 Å². The minimum Gasteiger partial charge on any atom is -0.336 e. The van der Waals surface area contributed by atoms with Gasteiger partial charge in [-0.25, -0.2) is 0 Å². The first-order valence-electron chi connectivity index (χ1n) is 6.68. The van der Waals surface area contributed by atoms with Gasteiger partial charge in [0.25, 0.3) is 5.91 Å². The van der Waals surface area contributed by atoms with E-state index in [1.165, 1.54) is 0 Å². The Bertz CT molecular complexity index is 346. The fourth-order valence-corrected chi connectivity index (χ4v) is 3.32. The van der Waals surface area contributed by atoms with Crippen molar-refractivity contribution in [3.05, 3.63) is 0 Å². The normalized spacial score (nSPS) is 27.9. The predicted molar refractivity (Wildman–Crippen MR) is 63.2 cm³/mol. The second-order valence-electron chi connectivity index (χ2n) is 6.10. The lowest BCUT2D eigenvalue weighted by Crippen LogP contribution is -2.53. The van der Waals surface area contributed by atoms with E-state index in [1.54, 1.807) is 4.90 Å². The number of likely N-dealkylation sites (tertiary alicyclic amines) is 1. The summed E-state index contributed by atoms with van der Waals surface area (Å²) in [4.78, 5) is 25.4. The van der Waals surface area contributed by atoms with Crippen LogP contribution in [0, 0.1) is 11.3 Å². The zero-order chi connectivity index (χ0) is 12.0. The lowest BCUT2D eigenvalue weighted by atomic mass is 9.61. The molecule has 0 aromatic rings. The van der Waals surface area contributed by atoms with Gasteiger partial charge in [0.15, 0.2) is 0 Å². The average Bonchev–Trinajstić information content (AvgIpc) is 3.10. The number of hydrogen-bond donors (Lipinski definition) is 1. The first-order valence-corrected chi connectivity index (χ1v) is 6.68. The van der Waals surface area contributed by atoms with Crippen LogP contribution < -0.4 is 5.73 Å². The summed E-state index contributed by atoms with van der Waals surface area (Å²) in [5.74, 6) is -0.326. The molecule has 0 bridgehead atoms. The van der Waals surface area contributed by atoms with Gasteiger partial charge >= 0.3 is 0 Å². The van der Waals surface area contributed by atoms with Crippen molar-refractivity contribution in [3.8, 4) is 0 Å². The molecule has 1 saturated heterocycles. The van der Waals surface area contributed by atoms with Crippen molar-refractivity contribution in [3.63, 3.8) is 0 Å². The van der Waals surface area contributed by atoms with Crippen LogP contribution in [0.1, 0.15) is 38.5 Å². The number of rotatable bonds is 2. The van der Waals surface area contributed by atoms with Gasteiger partial charge in [-0.1, -0.05) is 0 Å². The van der Waals surface area contributed by atoms with E-state index in [9.17, 15) is 9.59 Å². The van der Waals surface area contributed by atoms with Gasteiger partial charge in [-0.2, -0.15) is 0 Å². The van der Waals surface area contributed by atoms with E-state index in [-0.39, 0.29) is 17.6 Å². The molecule has 1 aliphatic heterocycles. The van der Waals surface area contributed by atoms with Crippen LogP contribution in [-0.2, 0) is 9.59 Å². The van der Waals surface area contributed by atoms with E-state index < -0.39 is 0 Å². The minimum absolute atomic E-state index is 0.0514. The summed E-state index contributed by atoms with van der Waals surface area (Å²) in [6.07, 6.45) is 6.10. The molecule has 4 heteroatoms. The Morgan fingerprint density at radius 3 is 2.18 bits per heavy atom.